The van der Waals surface area contributed by atoms with Crippen LogP contribution in [-0.2, 0) is 11.2 Å². The van der Waals surface area contributed by atoms with Gasteiger partial charge in [0.05, 0.1) is 17.9 Å². The van der Waals surface area contributed by atoms with Gasteiger partial charge in [-0.25, -0.2) is 4.79 Å². The topological polar surface area (TPSA) is 39.2 Å². The Morgan fingerprint density at radius 2 is 1.90 bits per heavy atom. The lowest BCUT2D eigenvalue weighted by molar-refractivity contribution is 0.0525. The van der Waals surface area contributed by atoms with Crippen molar-refractivity contribution >= 4 is 5.97 Å². The molecule has 0 aliphatic heterocycles. The maximum atomic E-state index is 12.0. The minimum Gasteiger partial charge on any atom is -0.462 e. The second-order valence-corrected chi connectivity index (χ2v) is 4.56. The van der Waals surface area contributed by atoms with E-state index in [0.29, 0.717) is 12.2 Å². The summed E-state index contributed by atoms with van der Waals surface area (Å²) in [5.41, 5.74) is 4.34. The van der Waals surface area contributed by atoms with Gasteiger partial charge in [-0.05, 0) is 31.9 Å². The van der Waals surface area contributed by atoms with E-state index in [9.17, 15) is 4.79 Å². The molecule has 0 saturated carbocycles. The number of hydrogen-bond donors (Lipinski definition) is 0. The molecule has 104 valence electrons. The molecule has 3 nitrogen and oxygen atoms in total. The Hall–Kier alpha value is -2.16. The zero-order chi connectivity index (χ0) is 14.5. The van der Waals surface area contributed by atoms with Crippen molar-refractivity contribution < 1.29 is 9.53 Å². The van der Waals surface area contributed by atoms with E-state index in [0.717, 1.165) is 28.9 Å². The largest absolute Gasteiger partial charge is 0.462 e. The Bertz CT molecular complexity index is 606. The molecule has 0 N–H and O–H groups in total. The molecule has 0 fully saturated rings. The highest BCUT2D eigenvalue weighted by molar-refractivity contribution is 5.92. The average Bonchev–Trinajstić information content (AvgIpc) is 2.48. The predicted molar refractivity (Wildman–Crippen MR) is 79.7 cm³/mol. The molecule has 0 aliphatic rings. The molecule has 0 aliphatic carbocycles. The summed E-state index contributed by atoms with van der Waals surface area (Å²) >= 11 is 0. The summed E-state index contributed by atoms with van der Waals surface area (Å²) in [6.07, 6.45) is 0.828. The van der Waals surface area contributed by atoms with Gasteiger partial charge in [0, 0.05) is 11.3 Å². The molecule has 20 heavy (non-hydrogen) atoms. The Morgan fingerprint density at radius 3 is 2.50 bits per heavy atom. The molecule has 1 aromatic carbocycles. The Labute approximate surface area is 119 Å². The van der Waals surface area contributed by atoms with Gasteiger partial charge in [-0.2, -0.15) is 0 Å². The van der Waals surface area contributed by atoms with E-state index in [1.54, 1.807) is 6.92 Å². The molecule has 0 unspecified atom stereocenters. The van der Waals surface area contributed by atoms with Crippen molar-refractivity contribution in [1.82, 2.24) is 4.98 Å². The standard InChI is InChI=1S/C17H19NO2/c1-4-16-15(13-9-7-6-8-10-13)11-14(12(3)18-16)17(19)20-5-2/h6-11H,4-5H2,1-3H3. The number of carbonyl (C=O) groups is 1. The van der Waals surface area contributed by atoms with Crippen molar-refractivity contribution in [2.45, 2.75) is 27.2 Å². The van der Waals surface area contributed by atoms with Gasteiger partial charge in [-0.3, -0.25) is 4.98 Å². The van der Waals surface area contributed by atoms with Crippen molar-refractivity contribution in [2.24, 2.45) is 0 Å². The molecule has 3 heteroatoms. The number of carbonyl (C=O) groups excluding carboxylic acids is 1. The smallest absolute Gasteiger partial charge is 0.339 e. The van der Waals surface area contributed by atoms with Gasteiger partial charge in [0.15, 0.2) is 0 Å². The molecule has 0 bridgehead atoms. The van der Waals surface area contributed by atoms with Crippen LogP contribution in [0, 0.1) is 6.92 Å². The molecule has 0 atom stereocenters. The van der Waals surface area contributed by atoms with Crippen LogP contribution < -0.4 is 0 Å². The monoisotopic (exact) mass is 269 g/mol. The second-order valence-electron chi connectivity index (χ2n) is 4.56. The lowest BCUT2D eigenvalue weighted by atomic mass is 9.99. The molecule has 1 aromatic heterocycles. The van der Waals surface area contributed by atoms with Crippen molar-refractivity contribution in [2.75, 3.05) is 6.61 Å². The summed E-state index contributed by atoms with van der Waals surface area (Å²) in [6.45, 7) is 6.09. The lowest BCUT2D eigenvalue weighted by Gasteiger charge is -2.12. The number of aromatic nitrogens is 1. The second kappa shape index (κ2) is 6.33. The van der Waals surface area contributed by atoms with E-state index in [1.807, 2.05) is 43.3 Å². The Kier molecular flexibility index (Phi) is 4.51. The van der Waals surface area contributed by atoms with E-state index in [-0.39, 0.29) is 5.97 Å². The van der Waals surface area contributed by atoms with E-state index in [2.05, 4.69) is 11.9 Å². The maximum absolute atomic E-state index is 12.0. The van der Waals surface area contributed by atoms with Crippen molar-refractivity contribution in [3.05, 3.63) is 53.3 Å². The summed E-state index contributed by atoms with van der Waals surface area (Å²) in [6, 6.07) is 11.9. The molecular formula is C17H19NO2. The molecule has 0 saturated heterocycles. The van der Waals surface area contributed by atoms with Crippen LogP contribution in [0.1, 0.15) is 35.6 Å². The maximum Gasteiger partial charge on any atom is 0.339 e. The zero-order valence-corrected chi connectivity index (χ0v) is 12.1. The number of rotatable bonds is 4. The highest BCUT2D eigenvalue weighted by Crippen LogP contribution is 2.25. The Balaban J connectivity index is 2.55. The van der Waals surface area contributed by atoms with Crippen molar-refractivity contribution in [3.63, 3.8) is 0 Å². The molecule has 2 aromatic rings. The van der Waals surface area contributed by atoms with Gasteiger partial charge >= 0.3 is 5.97 Å². The van der Waals surface area contributed by atoms with Crippen molar-refractivity contribution in [1.29, 1.82) is 0 Å². The van der Waals surface area contributed by atoms with Crippen molar-refractivity contribution in [3.8, 4) is 11.1 Å². The summed E-state index contributed by atoms with van der Waals surface area (Å²) in [7, 11) is 0. The first kappa shape index (κ1) is 14.3. The van der Waals surface area contributed by atoms with Crippen LogP contribution in [0.3, 0.4) is 0 Å². The van der Waals surface area contributed by atoms with E-state index in [1.165, 1.54) is 0 Å². The highest BCUT2D eigenvalue weighted by Gasteiger charge is 2.15. The van der Waals surface area contributed by atoms with Gasteiger partial charge in [0.1, 0.15) is 0 Å². The van der Waals surface area contributed by atoms with Crippen LogP contribution in [0.5, 0.6) is 0 Å². The SMILES string of the molecule is CCOC(=O)c1cc(-c2ccccc2)c(CC)nc1C. The lowest BCUT2D eigenvalue weighted by Crippen LogP contribution is -2.10. The fourth-order valence-corrected chi connectivity index (χ4v) is 2.21. The number of aryl methyl sites for hydroxylation is 2. The van der Waals surface area contributed by atoms with E-state index < -0.39 is 0 Å². The zero-order valence-electron chi connectivity index (χ0n) is 12.1. The third-order valence-corrected chi connectivity index (χ3v) is 3.21. The van der Waals surface area contributed by atoms with Crippen LogP contribution in [0.15, 0.2) is 36.4 Å². The summed E-state index contributed by atoms with van der Waals surface area (Å²) in [5.74, 6) is -0.308. The minimum atomic E-state index is -0.308. The van der Waals surface area contributed by atoms with Crippen LogP contribution in [0.25, 0.3) is 11.1 Å². The quantitative estimate of drug-likeness (QED) is 0.793. The molecule has 0 amide bonds. The number of esters is 1. The number of nitrogens with zero attached hydrogens (tertiary/aromatic N) is 1. The molecule has 1 heterocycles. The van der Waals surface area contributed by atoms with E-state index in [4.69, 9.17) is 4.74 Å². The third-order valence-electron chi connectivity index (χ3n) is 3.21. The normalized spacial score (nSPS) is 10.3. The van der Waals surface area contributed by atoms with Gasteiger partial charge in [0.25, 0.3) is 0 Å². The van der Waals surface area contributed by atoms with Gasteiger partial charge in [-0.1, -0.05) is 37.3 Å². The number of ether oxygens (including phenoxy) is 1. The summed E-state index contributed by atoms with van der Waals surface area (Å²) in [4.78, 5) is 16.6. The highest BCUT2D eigenvalue weighted by atomic mass is 16.5. The molecular weight excluding hydrogens is 250 g/mol. The number of benzene rings is 1. The third kappa shape index (κ3) is 2.87. The molecule has 0 spiro atoms. The first-order chi connectivity index (χ1) is 9.67. The Morgan fingerprint density at radius 1 is 1.20 bits per heavy atom. The number of hydrogen-bond acceptors (Lipinski definition) is 3. The first-order valence-electron chi connectivity index (χ1n) is 6.90. The summed E-state index contributed by atoms with van der Waals surface area (Å²) in [5, 5.41) is 0. The molecule has 0 radical (unpaired) electrons. The fourth-order valence-electron chi connectivity index (χ4n) is 2.21. The van der Waals surface area contributed by atoms with Gasteiger partial charge < -0.3 is 4.74 Å². The minimum absolute atomic E-state index is 0.308. The van der Waals surface area contributed by atoms with Gasteiger partial charge in [0.2, 0.25) is 0 Å². The average molecular weight is 269 g/mol. The first-order valence-corrected chi connectivity index (χ1v) is 6.90. The van der Waals surface area contributed by atoms with Gasteiger partial charge in [-0.15, -0.1) is 0 Å². The predicted octanol–water partition coefficient (Wildman–Crippen LogP) is 3.80. The molecule has 2 rings (SSSR count). The van der Waals surface area contributed by atoms with Crippen LogP contribution >= 0.6 is 0 Å². The van der Waals surface area contributed by atoms with E-state index >= 15 is 0 Å². The van der Waals surface area contributed by atoms with Crippen LogP contribution in [0.4, 0.5) is 0 Å². The number of pyridine rings is 1. The van der Waals surface area contributed by atoms with Crippen LogP contribution in [0.2, 0.25) is 0 Å². The fraction of sp³-hybridized carbons (Fsp3) is 0.294. The van der Waals surface area contributed by atoms with Crippen LogP contribution in [-0.4, -0.2) is 17.6 Å². The summed E-state index contributed by atoms with van der Waals surface area (Å²) < 4.78 is 5.09.